The van der Waals surface area contributed by atoms with E-state index < -0.39 is 11.8 Å². The van der Waals surface area contributed by atoms with Crippen molar-refractivity contribution in [1.29, 1.82) is 5.26 Å². The minimum Gasteiger partial charge on any atom is -0.337 e. The highest BCUT2D eigenvalue weighted by Crippen LogP contribution is 2.35. The third kappa shape index (κ3) is 4.12. The summed E-state index contributed by atoms with van der Waals surface area (Å²) in [5, 5.41) is 9.20. The molecule has 0 saturated heterocycles. The molecule has 0 amide bonds. The first-order chi connectivity index (χ1) is 15.6. The molecule has 0 fully saturated rings. The summed E-state index contributed by atoms with van der Waals surface area (Å²) in [5.41, 5.74) is 2.19. The van der Waals surface area contributed by atoms with Crippen molar-refractivity contribution in [1.82, 2.24) is 9.55 Å². The number of nitriles is 1. The van der Waals surface area contributed by atoms with Crippen LogP contribution >= 0.6 is 0 Å². The predicted molar refractivity (Wildman–Crippen MR) is 121 cm³/mol. The van der Waals surface area contributed by atoms with Crippen molar-refractivity contribution >= 4 is 11.6 Å². The maximum Gasteiger partial charge on any atom is 0.174 e. The highest BCUT2D eigenvalue weighted by molar-refractivity contribution is 6.17. The van der Waals surface area contributed by atoms with Crippen LogP contribution in [0.2, 0.25) is 0 Å². The highest BCUT2D eigenvalue weighted by atomic mass is 16.2. The van der Waals surface area contributed by atoms with Gasteiger partial charge in [0.1, 0.15) is 5.82 Å². The number of carbonyl (C=O) groups excluding carboxylic acids is 2. The summed E-state index contributed by atoms with van der Waals surface area (Å²) in [5.74, 6) is -1.57. The Balaban J connectivity index is 1.91. The Bertz CT molecular complexity index is 1220. The van der Waals surface area contributed by atoms with E-state index in [0.717, 1.165) is 5.56 Å². The first kappa shape index (κ1) is 21.0. The number of ketones is 2. The molecule has 5 nitrogen and oxygen atoms in total. The van der Waals surface area contributed by atoms with Gasteiger partial charge in [0.2, 0.25) is 0 Å². The van der Waals surface area contributed by atoms with Crippen molar-refractivity contribution in [3.8, 4) is 6.07 Å². The van der Waals surface area contributed by atoms with Gasteiger partial charge >= 0.3 is 0 Å². The zero-order valence-corrected chi connectivity index (χ0v) is 17.6. The summed E-state index contributed by atoms with van der Waals surface area (Å²) in [6.07, 6.45) is 3.45. The number of hydrogen-bond donors (Lipinski definition) is 0. The second-order valence-corrected chi connectivity index (χ2v) is 7.55. The maximum absolute atomic E-state index is 13.8. The fourth-order valence-electron chi connectivity index (χ4n) is 3.92. The van der Waals surface area contributed by atoms with Crippen LogP contribution in [0.25, 0.3) is 0 Å². The molecule has 0 aliphatic rings. The van der Waals surface area contributed by atoms with E-state index in [1.807, 2.05) is 23.7 Å². The molecule has 4 rings (SSSR count). The third-order valence-corrected chi connectivity index (χ3v) is 5.55. The van der Waals surface area contributed by atoms with Gasteiger partial charge in [0.05, 0.1) is 23.5 Å². The summed E-state index contributed by atoms with van der Waals surface area (Å²) in [4.78, 5) is 32.1. The van der Waals surface area contributed by atoms with Crippen LogP contribution in [0.5, 0.6) is 0 Å². The predicted octanol–water partition coefficient (Wildman–Crippen LogP) is 4.81. The Labute approximate surface area is 186 Å². The van der Waals surface area contributed by atoms with Crippen LogP contribution in [0.3, 0.4) is 0 Å². The van der Waals surface area contributed by atoms with Gasteiger partial charge in [-0.3, -0.25) is 9.59 Å². The number of hydrogen-bond acceptors (Lipinski definition) is 4. The molecule has 1 atom stereocenters. The SMILES string of the molecule is Cn1ccnc1C(c1ccc(C#N)cc1)C(C(=O)c1ccccc1)C(=O)c1ccccc1. The lowest BCUT2D eigenvalue weighted by Gasteiger charge is -2.26. The van der Waals surface area contributed by atoms with E-state index in [0.29, 0.717) is 22.5 Å². The number of carbonyl (C=O) groups is 2. The Morgan fingerprint density at radius 3 is 1.81 bits per heavy atom. The number of aromatic nitrogens is 2. The highest BCUT2D eigenvalue weighted by Gasteiger charge is 2.39. The second-order valence-electron chi connectivity index (χ2n) is 7.55. The molecule has 1 heterocycles. The van der Waals surface area contributed by atoms with Gasteiger partial charge in [0.15, 0.2) is 11.6 Å². The van der Waals surface area contributed by atoms with E-state index in [1.165, 1.54) is 0 Å². The van der Waals surface area contributed by atoms with Gasteiger partial charge in [-0.2, -0.15) is 5.26 Å². The number of nitrogens with zero attached hydrogens (tertiary/aromatic N) is 3. The third-order valence-electron chi connectivity index (χ3n) is 5.55. The second kappa shape index (κ2) is 9.23. The number of rotatable bonds is 7. The molecular formula is C27H21N3O2. The van der Waals surface area contributed by atoms with Crippen molar-refractivity contribution in [2.24, 2.45) is 13.0 Å². The Morgan fingerprint density at radius 2 is 1.38 bits per heavy atom. The molecule has 156 valence electrons. The lowest BCUT2D eigenvalue weighted by atomic mass is 9.76. The Morgan fingerprint density at radius 1 is 0.844 bits per heavy atom. The average Bonchev–Trinajstić information content (AvgIpc) is 3.28. The molecule has 0 bridgehead atoms. The minimum atomic E-state index is -1.02. The van der Waals surface area contributed by atoms with Gasteiger partial charge in [0.25, 0.3) is 0 Å². The molecule has 0 saturated carbocycles. The van der Waals surface area contributed by atoms with Crippen molar-refractivity contribution in [2.45, 2.75) is 5.92 Å². The Kier molecular flexibility index (Phi) is 6.05. The zero-order valence-electron chi connectivity index (χ0n) is 17.6. The van der Waals surface area contributed by atoms with Gasteiger partial charge < -0.3 is 4.57 Å². The first-order valence-electron chi connectivity index (χ1n) is 10.3. The van der Waals surface area contributed by atoms with E-state index in [9.17, 15) is 14.9 Å². The molecule has 4 aromatic rings. The van der Waals surface area contributed by atoms with E-state index >= 15 is 0 Å². The van der Waals surface area contributed by atoms with E-state index in [2.05, 4.69) is 11.1 Å². The lowest BCUT2D eigenvalue weighted by Crippen LogP contribution is -2.32. The smallest absolute Gasteiger partial charge is 0.174 e. The van der Waals surface area contributed by atoms with Crippen LogP contribution in [0.15, 0.2) is 97.3 Å². The van der Waals surface area contributed by atoms with Crippen LogP contribution in [-0.2, 0) is 7.05 Å². The zero-order chi connectivity index (χ0) is 22.5. The molecule has 0 spiro atoms. The molecule has 0 aliphatic carbocycles. The molecule has 5 heteroatoms. The van der Waals surface area contributed by atoms with Gasteiger partial charge in [-0.15, -0.1) is 0 Å². The summed E-state index contributed by atoms with van der Waals surface area (Å²) in [7, 11) is 1.84. The largest absolute Gasteiger partial charge is 0.337 e. The Hall–Kier alpha value is -4.30. The van der Waals surface area contributed by atoms with Gasteiger partial charge in [-0.1, -0.05) is 72.8 Å². The van der Waals surface area contributed by atoms with Gasteiger partial charge in [-0.25, -0.2) is 4.98 Å². The van der Waals surface area contributed by atoms with Crippen molar-refractivity contribution in [3.63, 3.8) is 0 Å². The van der Waals surface area contributed by atoms with Crippen molar-refractivity contribution in [2.75, 3.05) is 0 Å². The molecule has 0 aliphatic heterocycles. The van der Waals surface area contributed by atoms with Crippen LogP contribution in [0.1, 0.15) is 43.6 Å². The summed E-state index contributed by atoms with van der Waals surface area (Å²) in [6.45, 7) is 0. The van der Waals surface area contributed by atoms with Crippen LogP contribution in [0.4, 0.5) is 0 Å². The van der Waals surface area contributed by atoms with E-state index in [4.69, 9.17) is 0 Å². The monoisotopic (exact) mass is 419 g/mol. The molecule has 1 unspecified atom stereocenters. The molecular weight excluding hydrogens is 398 g/mol. The summed E-state index contributed by atoms with van der Waals surface area (Å²) < 4.78 is 1.83. The maximum atomic E-state index is 13.8. The quantitative estimate of drug-likeness (QED) is 0.318. The van der Waals surface area contributed by atoms with E-state index in [1.54, 1.807) is 85.2 Å². The standard InChI is InChI=1S/C27H21N3O2/c1-30-17-16-29-27(30)23(20-14-12-19(18-28)13-15-20)24(25(31)21-8-4-2-5-9-21)26(32)22-10-6-3-7-11-22/h2-17,23-24H,1H3. The lowest BCUT2D eigenvalue weighted by molar-refractivity contribution is 0.0790. The number of Topliss-reactive ketones (excluding diaryl/α,β-unsaturated/α-hetero) is 2. The van der Waals surface area contributed by atoms with Crippen LogP contribution < -0.4 is 0 Å². The van der Waals surface area contributed by atoms with Crippen molar-refractivity contribution < 1.29 is 9.59 Å². The summed E-state index contributed by atoms with van der Waals surface area (Å²) >= 11 is 0. The molecule has 0 N–H and O–H groups in total. The number of aryl methyl sites for hydroxylation is 1. The van der Waals surface area contributed by atoms with Gasteiger partial charge in [0, 0.05) is 30.6 Å². The summed E-state index contributed by atoms with van der Waals surface area (Å²) in [6, 6.07) is 26.8. The minimum absolute atomic E-state index is 0.267. The molecule has 1 aromatic heterocycles. The van der Waals surface area contributed by atoms with Crippen LogP contribution in [-0.4, -0.2) is 21.1 Å². The molecule has 0 radical (unpaired) electrons. The fraction of sp³-hybridized carbons (Fsp3) is 0.111. The van der Waals surface area contributed by atoms with Gasteiger partial charge in [-0.05, 0) is 17.7 Å². The van der Waals surface area contributed by atoms with Crippen LogP contribution in [0, 0.1) is 17.2 Å². The number of benzene rings is 3. The van der Waals surface area contributed by atoms with Crippen molar-refractivity contribution in [3.05, 3.63) is 125 Å². The number of imidazole rings is 1. The molecule has 3 aromatic carbocycles. The normalized spacial score (nSPS) is 11.7. The molecule has 32 heavy (non-hydrogen) atoms. The van der Waals surface area contributed by atoms with E-state index in [-0.39, 0.29) is 11.6 Å². The fourth-order valence-corrected chi connectivity index (χ4v) is 3.92. The first-order valence-corrected chi connectivity index (χ1v) is 10.3. The average molecular weight is 419 g/mol. The topological polar surface area (TPSA) is 75.8 Å².